The van der Waals surface area contributed by atoms with Crippen LogP contribution in [0.1, 0.15) is 5.56 Å². The minimum absolute atomic E-state index is 0.682. The second kappa shape index (κ2) is 5.45. The Bertz CT molecular complexity index is 521. The Morgan fingerprint density at radius 3 is 2.06 bits per heavy atom. The fourth-order valence-electron chi connectivity index (χ4n) is 1.82. The molecule has 94 valence electrons. The molecule has 0 spiro atoms. The molecule has 2 aromatic carbocycles. The van der Waals surface area contributed by atoms with Crippen molar-refractivity contribution < 1.29 is 14.2 Å². The normalized spacial score (nSPS) is 9.94. The summed E-state index contributed by atoms with van der Waals surface area (Å²) >= 11 is 0. The molecule has 2 aromatic rings. The molecule has 0 aliphatic rings. The highest BCUT2D eigenvalue weighted by Crippen LogP contribution is 2.38. The lowest BCUT2D eigenvalue weighted by Crippen LogP contribution is -1.95. The molecule has 18 heavy (non-hydrogen) atoms. The van der Waals surface area contributed by atoms with Crippen LogP contribution in [0.3, 0.4) is 0 Å². The molecular formula is C15H16O3. The molecule has 3 heteroatoms. The largest absolute Gasteiger partial charge is 0.496 e. The smallest absolute Gasteiger partial charge is 0.169 e. The van der Waals surface area contributed by atoms with Crippen LogP contribution in [0.2, 0.25) is 0 Å². The summed E-state index contributed by atoms with van der Waals surface area (Å²) in [5.41, 5.74) is 0.924. The van der Waals surface area contributed by atoms with Gasteiger partial charge in [-0.2, -0.15) is 0 Å². The first-order valence-corrected chi connectivity index (χ1v) is 5.70. The quantitative estimate of drug-likeness (QED) is 0.818. The maximum absolute atomic E-state index is 5.80. The fraction of sp³-hybridized carbons (Fsp3) is 0.200. The van der Waals surface area contributed by atoms with Gasteiger partial charge in [-0.1, -0.05) is 18.2 Å². The van der Waals surface area contributed by atoms with Crippen LogP contribution in [-0.2, 0) is 0 Å². The van der Waals surface area contributed by atoms with E-state index < -0.39 is 0 Å². The van der Waals surface area contributed by atoms with E-state index in [1.54, 1.807) is 14.2 Å². The molecule has 0 N–H and O–H groups in total. The van der Waals surface area contributed by atoms with E-state index in [2.05, 4.69) is 0 Å². The number of ether oxygens (including phenoxy) is 3. The highest BCUT2D eigenvalue weighted by molar-refractivity contribution is 5.54. The van der Waals surface area contributed by atoms with Crippen LogP contribution in [0, 0.1) is 6.92 Å². The van der Waals surface area contributed by atoms with Crippen LogP contribution >= 0.6 is 0 Å². The zero-order chi connectivity index (χ0) is 13.0. The minimum atomic E-state index is 0.682. The number of methoxy groups -OCH3 is 2. The van der Waals surface area contributed by atoms with Crippen molar-refractivity contribution in [2.75, 3.05) is 14.2 Å². The van der Waals surface area contributed by atoms with Gasteiger partial charge < -0.3 is 14.2 Å². The molecule has 0 aromatic heterocycles. The Labute approximate surface area is 107 Å². The van der Waals surface area contributed by atoms with Crippen molar-refractivity contribution in [1.82, 2.24) is 0 Å². The topological polar surface area (TPSA) is 27.7 Å². The average Bonchev–Trinajstić information content (AvgIpc) is 2.40. The summed E-state index contributed by atoms with van der Waals surface area (Å²) in [7, 11) is 3.26. The Hall–Kier alpha value is -2.16. The van der Waals surface area contributed by atoms with E-state index in [0.29, 0.717) is 11.5 Å². The third-order valence-electron chi connectivity index (χ3n) is 2.72. The predicted octanol–water partition coefficient (Wildman–Crippen LogP) is 3.80. The van der Waals surface area contributed by atoms with Gasteiger partial charge in [-0.05, 0) is 31.2 Å². The molecular weight excluding hydrogens is 228 g/mol. The molecule has 3 nitrogen and oxygen atoms in total. The SMILES string of the molecule is COc1ccc(Oc2ccccc2)c(OC)c1C. The van der Waals surface area contributed by atoms with E-state index in [0.717, 1.165) is 17.1 Å². The summed E-state index contributed by atoms with van der Waals surface area (Å²) in [6.07, 6.45) is 0. The van der Waals surface area contributed by atoms with E-state index in [1.807, 2.05) is 49.4 Å². The van der Waals surface area contributed by atoms with Crippen LogP contribution in [0.15, 0.2) is 42.5 Å². The van der Waals surface area contributed by atoms with Crippen molar-refractivity contribution in [3.8, 4) is 23.0 Å². The molecule has 0 saturated heterocycles. The van der Waals surface area contributed by atoms with Crippen LogP contribution in [0.25, 0.3) is 0 Å². The summed E-state index contributed by atoms with van der Waals surface area (Å²) in [6, 6.07) is 13.3. The lowest BCUT2D eigenvalue weighted by Gasteiger charge is -2.14. The molecule has 0 saturated carbocycles. The summed E-state index contributed by atoms with van der Waals surface area (Å²) in [6.45, 7) is 1.94. The number of rotatable bonds is 4. The summed E-state index contributed by atoms with van der Waals surface area (Å²) in [4.78, 5) is 0. The van der Waals surface area contributed by atoms with Crippen molar-refractivity contribution >= 4 is 0 Å². The van der Waals surface area contributed by atoms with E-state index in [9.17, 15) is 0 Å². The number of para-hydroxylation sites is 1. The van der Waals surface area contributed by atoms with Crippen molar-refractivity contribution in [3.05, 3.63) is 48.0 Å². The molecule has 2 rings (SSSR count). The van der Waals surface area contributed by atoms with Crippen LogP contribution in [0.4, 0.5) is 0 Å². The van der Waals surface area contributed by atoms with Gasteiger partial charge in [0.1, 0.15) is 11.5 Å². The van der Waals surface area contributed by atoms with Crippen molar-refractivity contribution in [2.24, 2.45) is 0 Å². The van der Waals surface area contributed by atoms with Gasteiger partial charge in [0.15, 0.2) is 11.5 Å². The van der Waals surface area contributed by atoms with Gasteiger partial charge in [0.05, 0.1) is 14.2 Å². The summed E-state index contributed by atoms with van der Waals surface area (Å²) in [5.74, 6) is 2.94. The highest BCUT2D eigenvalue weighted by atomic mass is 16.5. The fourth-order valence-corrected chi connectivity index (χ4v) is 1.82. The van der Waals surface area contributed by atoms with Crippen molar-refractivity contribution in [2.45, 2.75) is 6.92 Å². The third kappa shape index (κ3) is 2.40. The maximum Gasteiger partial charge on any atom is 0.169 e. The second-order valence-electron chi connectivity index (χ2n) is 3.84. The van der Waals surface area contributed by atoms with Crippen molar-refractivity contribution in [3.63, 3.8) is 0 Å². The number of benzene rings is 2. The van der Waals surface area contributed by atoms with Gasteiger partial charge in [0.25, 0.3) is 0 Å². The standard InChI is InChI=1S/C15H16O3/c1-11-13(16-2)9-10-14(15(11)17-3)18-12-7-5-4-6-8-12/h4-10H,1-3H3. The Morgan fingerprint density at radius 1 is 0.778 bits per heavy atom. The first-order valence-electron chi connectivity index (χ1n) is 5.70. The van der Waals surface area contributed by atoms with E-state index >= 15 is 0 Å². The second-order valence-corrected chi connectivity index (χ2v) is 3.84. The summed E-state index contributed by atoms with van der Waals surface area (Å²) in [5, 5.41) is 0. The maximum atomic E-state index is 5.80. The first-order chi connectivity index (χ1) is 8.76. The average molecular weight is 244 g/mol. The molecule has 0 aliphatic carbocycles. The van der Waals surface area contributed by atoms with E-state index in [-0.39, 0.29) is 0 Å². The van der Waals surface area contributed by atoms with Crippen molar-refractivity contribution in [1.29, 1.82) is 0 Å². The molecule has 0 radical (unpaired) electrons. The Morgan fingerprint density at radius 2 is 1.44 bits per heavy atom. The predicted molar refractivity (Wildman–Crippen MR) is 70.8 cm³/mol. The van der Waals surface area contributed by atoms with Crippen LogP contribution in [-0.4, -0.2) is 14.2 Å². The molecule has 0 amide bonds. The molecule has 0 bridgehead atoms. The Kier molecular flexibility index (Phi) is 3.72. The van der Waals surface area contributed by atoms with Gasteiger partial charge in [0.2, 0.25) is 0 Å². The molecule has 0 aliphatic heterocycles. The zero-order valence-corrected chi connectivity index (χ0v) is 10.8. The lowest BCUT2D eigenvalue weighted by atomic mass is 10.2. The minimum Gasteiger partial charge on any atom is -0.496 e. The lowest BCUT2D eigenvalue weighted by molar-refractivity contribution is 0.364. The third-order valence-corrected chi connectivity index (χ3v) is 2.72. The van der Waals surface area contributed by atoms with E-state index in [1.165, 1.54) is 0 Å². The molecule has 0 unspecified atom stereocenters. The van der Waals surface area contributed by atoms with Gasteiger partial charge in [-0.15, -0.1) is 0 Å². The molecule has 0 fully saturated rings. The zero-order valence-electron chi connectivity index (χ0n) is 10.8. The van der Waals surface area contributed by atoms with Gasteiger partial charge >= 0.3 is 0 Å². The molecule has 0 heterocycles. The number of hydrogen-bond acceptors (Lipinski definition) is 3. The highest BCUT2D eigenvalue weighted by Gasteiger charge is 2.12. The molecule has 0 atom stereocenters. The van der Waals surface area contributed by atoms with Gasteiger partial charge in [-0.25, -0.2) is 0 Å². The van der Waals surface area contributed by atoms with Gasteiger partial charge in [-0.3, -0.25) is 0 Å². The van der Waals surface area contributed by atoms with Crippen LogP contribution in [0.5, 0.6) is 23.0 Å². The summed E-state index contributed by atoms with van der Waals surface area (Å²) < 4.78 is 16.4. The Balaban J connectivity index is 2.36. The monoisotopic (exact) mass is 244 g/mol. The first kappa shape index (κ1) is 12.3. The van der Waals surface area contributed by atoms with Crippen LogP contribution < -0.4 is 14.2 Å². The number of hydrogen-bond donors (Lipinski definition) is 0. The van der Waals surface area contributed by atoms with Gasteiger partial charge in [0, 0.05) is 5.56 Å². The van der Waals surface area contributed by atoms with E-state index in [4.69, 9.17) is 14.2 Å².